The Balaban J connectivity index is 1.63. The molecule has 0 spiro atoms. The van der Waals surface area contributed by atoms with E-state index < -0.39 is 17.8 Å². The van der Waals surface area contributed by atoms with Crippen LogP contribution in [-0.2, 0) is 25.7 Å². The number of para-hydroxylation sites is 2. The van der Waals surface area contributed by atoms with E-state index in [9.17, 15) is 19.5 Å². The van der Waals surface area contributed by atoms with E-state index in [1.165, 1.54) is 11.7 Å². The Hall–Kier alpha value is -4.21. The molecule has 160 valence electrons. The van der Waals surface area contributed by atoms with Crippen LogP contribution in [0.15, 0.2) is 64.8 Å². The molecule has 10 heteroatoms. The second-order valence-electron chi connectivity index (χ2n) is 6.32. The molecule has 1 aromatic heterocycles. The molecule has 10 nitrogen and oxygen atoms in total. The fourth-order valence-electron chi connectivity index (χ4n) is 2.76. The lowest BCUT2D eigenvalue weighted by molar-refractivity contribution is -0.141. The number of carbonyl (C=O) groups is 3. The molecule has 2 N–H and O–H groups in total. The first kappa shape index (κ1) is 21.5. The van der Waals surface area contributed by atoms with Crippen molar-refractivity contribution in [3.63, 3.8) is 0 Å². The Kier molecular flexibility index (Phi) is 6.94. The largest absolute Gasteiger partial charge is 0.493 e. The molecule has 0 unspecified atom stereocenters. The van der Waals surface area contributed by atoms with Gasteiger partial charge in [0.25, 0.3) is 11.8 Å². The average Bonchev–Trinajstić information content (AvgIpc) is 3.06. The molecule has 1 heterocycles. The van der Waals surface area contributed by atoms with E-state index in [-0.39, 0.29) is 31.3 Å². The van der Waals surface area contributed by atoms with Crippen molar-refractivity contribution in [1.29, 1.82) is 0 Å². The van der Waals surface area contributed by atoms with Crippen LogP contribution in [0.3, 0.4) is 0 Å². The summed E-state index contributed by atoms with van der Waals surface area (Å²) in [4.78, 5) is 35.4. The van der Waals surface area contributed by atoms with Crippen LogP contribution in [0.2, 0.25) is 0 Å². The Morgan fingerprint density at radius 3 is 2.52 bits per heavy atom. The third-order valence-electron chi connectivity index (χ3n) is 4.24. The fourth-order valence-corrected chi connectivity index (χ4v) is 2.76. The summed E-state index contributed by atoms with van der Waals surface area (Å²) in [7, 11) is 1.24. The SMILES string of the molecule is COC(=O)Cn1c(O)c(N=NC(=O)CNC(=O)COc2ccccc2)c2ccccc21. The van der Waals surface area contributed by atoms with Crippen LogP contribution in [0.4, 0.5) is 5.69 Å². The number of methoxy groups -OCH3 is 1. The number of nitrogens with zero attached hydrogens (tertiary/aromatic N) is 3. The van der Waals surface area contributed by atoms with Crippen LogP contribution >= 0.6 is 0 Å². The maximum absolute atomic E-state index is 12.0. The van der Waals surface area contributed by atoms with Crippen LogP contribution in [0.25, 0.3) is 10.9 Å². The topological polar surface area (TPSA) is 132 Å². The molecule has 3 aromatic rings. The zero-order valence-electron chi connectivity index (χ0n) is 16.6. The number of ether oxygens (including phenoxy) is 2. The summed E-state index contributed by atoms with van der Waals surface area (Å²) in [6.07, 6.45) is 0. The van der Waals surface area contributed by atoms with Crippen molar-refractivity contribution in [2.45, 2.75) is 6.54 Å². The summed E-state index contributed by atoms with van der Waals surface area (Å²) in [5.74, 6) is -1.58. The normalized spacial score (nSPS) is 10.9. The number of carbonyl (C=O) groups excluding carboxylic acids is 3. The second kappa shape index (κ2) is 10.0. The van der Waals surface area contributed by atoms with E-state index >= 15 is 0 Å². The number of amides is 2. The van der Waals surface area contributed by atoms with Gasteiger partial charge in [0.1, 0.15) is 18.8 Å². The summed E-state index contributed by atoms with van der Waals surface area (Å²) in [5.41, 5.74) is 0.560. The van der Waals surface area contributed by atoms with Gasteiger partial charge in [-0.05, 0) is 18.2 Å². The first-order valence-corrected chi connectivity index (χ1v) is 9.25. The molecule has 3 rings (SSSR count). The molecule has 0 aliphatic carbocycles. The van der Waals surface area contributed by atoms with Gasteiger partial charge in [-0.3, -0.25) is 19.0 Å². The van der Waals surface area contributed by atoms with Gasteiger partial charge in [-0.1, -0.05) is 36.4 Å². The minimum Gasteiger partial charge on any atom is -0.493 e. The molecule has 0 atom stereocenters. The van der Waals surface area contributed by atoms with Gasteiger partial charge in [0.05, 0.1) is 12.6 Å². The van der Waals surface area contributed by atoms with Crippen molar-refractivity contribution in [3.05, 3.63) is 54.6 Å². The maximum atomic E-state index is 12.0. The zero-order valence-corrected chi connectivity index (χ0v) is 16.6. The summed E-state index contributed by atoms with van der Waals surface area (Å²) in [6.45, 7) is -0.873. The van der Waals surface area contributed by atoms with Crippen molar-refractivity contribution in [2.75, 3.05) is 20.3 Å². The quantitative estimate of drug-likeness (QED) is 0.421. The second-order valence-corrected chi connectivity index (χ2v) is 6.32. The van der Waals surface area contributed by atoms with E-state index in [1.54, 1.807) is 48.5 Å². The summed E-state index contributed by atoms with van der Waals surface area (Å²) in [6, 6.07) is 15.6. The first-order chi connectivity index (χ1) is 15.0. The number of rotatable bonds is 8. The highest BCUT2D eigenvalue weighted by Crippen LogP contribution is 2.38. The van der Waals surface area contributed by atoms with E-state index in [0.29, 0.717) is 16.7 Å². The first-order valence-electron chi connectivity index (χ1n) is 9.25. The number of esters is 1. The predicted octanol–water partition coefficient (Wildman–Crippen LogP) is 2.33. The highest BCUT2D eigenvalue weighted by atomic mass is 16.5. The Labute approximate surface area is 177 Å². The highest BCUT2D eigenvalue weighted by Gasteiger charge is 2.19. The lowest BCUT2D eigenvalue weighted by Gasteiger charge is -2.05. The van der Waals surface area contributed by atoms with E-state index in [2.05, 4.69) is 20.3 Å². The van der Waals surface area contributed by atoms with Gasteiger partial charge in [-0.25, -0.2) is 0 Å². The van der Waals surface area contributed by atoms with Crippen molar-refractivity contribution in [3.8, 4) is 11.6 Å². The standard InChI is InChI=1S/C21H20N4O6/c1-30-19(28)12-25-16-10-6-5-9-15(16)20(21(25)29)24-23-17(26)11-22-18(27)13-31-14-7-3-2-4-8-14/h2-10,29H,11-13H2,1H3,(H,22,27). The fraction of sp³-hybridized carbons (Fsp3) is 0.190. The lowest BCUT2D eigenvalue weighted by atomic mass is 10.2. The smallest absolute Gasteiger partial charge is 0.325 e. The van der Waals surface area contributed by atoms with Crippen molar-refractivity contribution in [2.24, 2.45) is 10.2 Å². The third kappa shape index (κ3) is 5.44. The summed E-state index contributed by atoms with van der Waals surface area (Å²) < 4.78 is 11.2. The Morgan fingerprint density at radius 1 is 1.06 bits per heavy atom. The molecule has 0 saturated heterocycles. The van der Waals surface area contributed by atoms with Crippen LogP contribution in [0.5, 0.6) is 11.6 Å². The van der Waals surface area contributed by atoms with E-state index in [4.69, 9.17) is 4.74 Å². The van der Waals surface area contributed by atoms with Crippen LogP contribution in [0.1, 0.15) is 0 Å². The molecular formula is C21H20N4O6. The molecule has 31 heavy (non-hydrogen) atoms. The van der Waals surface area contributed by atoms with Crippen LogP contribution in [-0.4, -0.2) is 47.7 Å². The Morgan fingerprint density at radius 2 is 1.77 bits per heavy atom. The lowest BCUT2D eigenvalue weighted by Crippen LogP contribution is -2.32. The van der Waals surface area contributed by atoms with Crippen molar-refractivity contribution >= 4 is 34.4 Å². The van der Waals surface area contributed by atoms with Gasteiger partial charge in [-0.15, -0.1) is 10.2 Å². The summed E-state index contributed by atoms with van der Waals surface area (Å²) >= 11 is 0. The molecule has 0 radical (unpaired) electrons. The third-order valence-corrected chi connectivity index (χ3v) is 4.24. The minimum atomic E-state index is -0.725. The van der Waals surface area contributed by atoms with Gasteiger partial charge in [-0.2, -0.15) is 0 Å². The number of azo groups is 1. The average molecular weight is 424 g/mol. The highest BCUT2D eigenvalue weighted by molar-refractivity contribution is 5.96. The maximum Gasteiger partial charge on any atom is 0.325 e. The van der Waals surface area contributed by atoms with Gasteiger partial charge < -0.3 is 19.9 Å². The minimum absolute atomic E-state index is 0.0339. The zero-order chi connectivity index (χ0) is 22.2. The number of aromatic hydroxyl groups is 1. The number of nitrogens with one attached hydrogen (secondary N) is 1. The number of benzene rings is 2. The molecule has 0 bridgehead atoms. The Bertz CT molecular complexity index is 1120. The molecule has 0 saturated carbocycles. The van der Waals surface area contributed by atoms with Crippen molar-refractivity contribution in [1.82, 2.24) is 9.88 Å². The van der Waals surface area contributed by atoms with Gasteiger partial charge in [0.15, 0.2) is 12.3 Å². The number of fused-ring (bicyclic) bond motifs is 1. The number of aromatic nitrogens is 1. The number of hydrogen-bond acceptors (Lipinski definition) is 7. The molecule has 2 aromatic carbocycles. The van der Waals surface area contributed by atoms with E-state index in [1.807, 2.05) is 6.07 Å². The monoisotopic (exact) mass is 424 g/mol. The molecule has 0 aliphatic heterocycles. The molecule has 2 amide bonds. The van der Waals surface area contributed by atoms with Crippen LogP contribution in [0, 0.1) is 0 Å². The molecule has 0 fully saturated rings. The number of hydrogen-bond donors (Lipinski definition) is 2. The van der Waals surface area contributed by atoms with Gasteiger partial charge >= 0.3 is 5.97 Å². The van der Waals surface area contributed by atoms with Crippen molar-refractivity contribution < 1.29 is 29.0 Å². The van der Waals surface area contributed by atoms with E-state index in [0.717, 1.165) is 0 Å². The van der Waals surface area contributed by atoms with Gasteiger partial charge in [0.2, 0.25) is 5.88 Å². The predicted molar refractivity (Wildman–Crippen MR) is 110 cm³/mol. The molecule has 0 aliphatic rings. The van der Waals surface area contributed by atoms with Gasteiger partial charge in [0, 0.05) is 5.39 Å². The summed E-state index contributed by atoms with van der Waals surface area (Å²) in [5, 5.41) is 20.7. The molecular weight excluding hydrogens is 404 g/mol. The van der Waals surface area contributed by atoms with Crippen LogP contribution < -0.4 is 10.1 Å².